The Kier molecular flexibility index (Phi) is 6.97. The maximum absolute atomic E-state index is 12.8. The second-order valence-electron chi connectivity index (χ2n) is 8.69. The molecule has 1 unspecified atom stereocenters. The van der Waals surface area contributed by atoms with Crippen molar-refractivity contribution in [3.05, 3.63) is 88.4 Å². The van der Waals surface area contributed by atoms with Crippen LogP contribution in [0.25, 0.3) is 10.9 Å². The molecule has 2 heterocycles. The van der Waals surface area contributed by atoms with Gasteiger partial charge in [-0.25, -0.2) is 4.98 Å². The Bertz CT molecular complexity index is 1490. The first-order chi connectivity index (χ1) is 17.9. The van der Waals surface area contributed by atoms with Gasteiger partial charge in [-0.3, -0.25) is 9.59 Å². The molecule has 1 aliphatic heterocycles. The summed E-state index contributed by atoms with van der Waals surface area (Å²) in [5.74, 6) is 0.909. The molecule has 0 bridgehead atoms. The number of benzene rings is 3. The van der Waals surface area contributed by atoms with E-state index in [4.69, 9.17) is 25.8 Å². The van der Waals surface area contributed by atoms with Crippen molar-refractivity contribution in [1.82, 2.24) is 4.98 Å². The van der Waals surface area contributed by atoms with Gasteiger partial charge in [0.25, 0.3) is 5.91 Å². The van der Waals surface area contributed by atoms with Crippen LogP contribution in [0.3, 0.4) is 0 Å². The summed E-state index contributed by atoms with van der Waals surface area (Å²) in [5.41, 5.74) is 3.03. The van der Waals surface area contributed by atoms with Gasteiger partial charge in [0.1, 0.15) is 23.1 Å². The van der Waals surface area contributed by atoms with E-state index in [1.54, 1.807) is 49.4 Å². The van der Waals surface area contributed by atoms with Crippen LogP contribution >= 0.6 is 11.6 Å². The Balaban J connectivity index is 1.29. The van der Waals surface area contributed by atoms with Crippen molar-refractivity contribution in [2.24, 2.45) is 0 Å². The number of halogens is 1. The van der Waals surface area contributed by atoms with Crippen molar-refractivity contribution in [3.63, 3.8) is 0 Å². The smallest absolute Gasteiger partial charge is 0.313 e. The summed E-state index contributed by atoms with van der Waals surface area (Å²) in [6.07, 6.45) is 0.528. The predicted molar refractivity (Wildman–Crippen MR) is 142 cm³/mol. The van der Waals surface area contributed by atoms with Gasteiger partial charge in [0, 0.05) is 22.6 Å². The highest BCUT2D eigenvalue weighted by atomic mass is 35.5. The van der Waals surface area contributed by atoms with E-state index in [-0.39, 0.29) is 11.9 Å². The number of carbonyl (C=O) groups excluding carboxylic acids is 2. The van der Waals surface area contributed by atoms with Crippen LogP contribution < -0.4 is 14.8 Å². The molecule has 1 N–H and O–H groups in total. The number of amides is 1. The van der Waals surface area contributed by atoms with Gasteiger partial charge >= 0.3 is 5.97 Å². The van der Waals surface area contributed by atoms with Crippen molar-refractivity contribution in [3.8, 4) is 17.2 Å². The maximum atomic E-state index is 12.8. The molecule has 3 aromatic carbocycles. The van der Waals surface area contributed by atoms with E-state index in [2.05, 4.69) is 10.3 Å². The quantitative estimate of drug-likeness (QED) is 0.288. The first-order valence-electron chi connectivity index (χ1n) is 12.0. The topological polar surface area (TPSA) is 86.8 Å². The van der Waals surface area contributed by atoms with E-state index in [1.807, 2.05) is 31.2 Å². The molecule has 0 saturated carbocycles. The summed E-state index contributed by atoms with van der Waals surface area (Å²) >= 11 is 6.48. The Morgan fingerprint density at radius 1 is 1.11 bits per heavy atom. The number of fused-ring (bicyclic) bond motifs is 2. The molecule has 0 spiro atoms. The van der Waals surface area contributed by atoms with Crippen molar-refractivity contribution in [2.45, 2.75) is 26.2 Å². The van der Waals surface area contributed by atoms with Crippen LogP contribution in [0.15, 0.2) is 66.7 Å². The van der Waals surface area contributed by atoms with Crippen LogP contribution in [0.2, 0.25) is 5.02 Å². The van der Waals surface area contributed by atoms with Gasteiger partial charge in [0.2, 0.25) is 0 Å². The van der Waals surface area contributed by atoms with E-state index in [1.165, 1.54) is 0 Å². The number of hydrogen-bond donors (Lipinski definition) is 1. The first kappa shape index (κ1) is 24.6. The second-order valence-corrected chi connectivity index (χ2v) is 9.09. The van der Waals surface area contributed by atoms with Crippen molar-refractivity contribution in [1.29, 1.82) is 0 Å². The minimum absolute atomic E-state index is 0.280. The molecule has 1 atom stereocenters. The van der Waals surface area contributed by atoms with Gasteiger partial charge in [-0.05, 0) is 68.3 Å². The molecule has 4 aromatic rings. The molecular weight excluding hydrogens is 492 g/mol. The number of hydrogen-bond acceptors (Lipinski definition) is 6. The first-order valence-corrected chi connectivity index (χ1v) is 12.4. The number of aromatic nitrogens is 1. The van der Waals surface area contributed by atoms with Crippen molar-refractivity contribution < 1.29 is 23.8 Å². The third kappa shape index (κ3) is 5.22. The molecule has 37 heavy (non-hydrogen) atoms. The Labute approximate surface area is 219 Å². The second kappa shape index (κ2) is 10.5. The molecule has 188 valence electrons. The van der Waals surface area contributed by atoms with Crippen molar-refractivity contribution >= 4 is 40.2 Å². The summed E-state index contributed by atoms with van der Waals surface area (Å²) in [6.45, 7) is 4.47. The monoisotopic (exact) mass is 516 g/mol. The average molecular weight is 517 g/mol. The fourth-order valence-electron chi connectivity index (χ4n) is 4.31. The lowest BCUT2D eigenvalue weighted by Gasteiger charge is -2.25. The lowest BCUT2D eigenvalue weighted by Crippen LogP contribution is -2.23. The minimum Gasteiger partial charge on any atom is -0.493 e. The lowest BCUT2D eigenvalue weighted by molar-refractivity contribution is -0.145. The summed E-state index contributed by atoms with van der Waals surface area (Å²) in [5, 5.41) is 4.21. The SMILES string of the molecule is CCOC(=O)C1CCOc2cc(Oc3ccc(C(=O)Nc4ccc5cccc(C)c5n4)cc3)c(Cl)cc21. The molecule has 1 aromatic heterocycles. The highest BCUT2D eigenvalue weighted by Gasteiger charge is 2.30. The Hall–Kier alpha value is -4.10. The van der Waals surface area contributed by atoms with Crippen molar-refractivity contribution in [2.75, 3.05) is 18.5 Å². The van der Waals surface area contributed by atoms with Crippen LogP contribution in [0.1, 0.15) is 40.7 Å². The van der Waals surface area contributed by atoms with E-state index in [9.17, 15) is 9.59 Å². The number of ether oxygens (including phenoxy) is 3. The molecular formula is C29H25ClN2O5. The van der Waals surface area contributed by atoms with E-state index in [0.29, 0.717) is 58.9 Å². The molecule has 5 rings (SSSR count). The standard InChI is InChI=1S/C29H25ClN2O5/c1-3-35-29(34)21-13-14-36-24-16-25(23(30)15-22(21)24)37-20-10-7-19(8-11-20)28(33)32-26-12-9-18-6-4-5-17(2)27(18)31-26/h4-12,15-16,21H,3,13-14H2,1-2H3,(H,31,32,33). The lowest BCUT2D eigenvalue weighted by atomic mass is 9.93. The fraction of sp³-hybridized carbons (Fsp3) is 0.207. The van der Waals surface area contributed by atoms with E-state index in [0.717, 1.165) is 16.5 Å². The van der Waals surface area contributed by atoms with Gasteiger partial charge in [0.05, 0.1) is 29.7 Å². The zero-order valence-electron chi connectivity index (χ0n) is 20.4. The molecule has 0 fully saturated rings. The van der Waals surface area contributed by atoms with Gasteiger partial charge in [-0.15, -0.1) is 0 Å². The molecule has 7 nitrogen and oxygen atoms in total. The van der Waals surface area contributed by atoms with Gasteiger partial charge < -0.3 is 19.5 Å². The number of rotatable bonds is 6. The highest BCUT2D eigenvalue weighted by Crippen LogP contribution is 2.42. The molecule has 1 amide bonds. The van der Waals surface area contributed by atoms with Crippen LogP contribution in [0, 0.1) is 6.92 Å². The molecule has 8 heteroatoms. The normalized spacial score (nSPS) is 14.4. The summed E-state index contributed by atoms with van der Waals surface area (Å²) in [7, 11) is 0. The van der Waals surface area contributed by atoms with Crippen LogP contribution in [0.5, 0.6) is 17.2 Å². The summed E-state index contributed by atoms with van der Waals surface area (Å²) in [4.78, 5) is 29.7. The highest BCUT2D eigenvalue weighted by molar-refractivity contribution is 6.32. The zero-order valence-corrected chi connectivity index (χ0v) is 21.2. The number of pyridine rings is 1. The van der Waals surface area contributed by atoms with Gasteiger partial charge in [-0.2, -0.15) is 0 Å². The van der Waals surface area contributed by atoms with Crippen LogP contribution in [0.4, 0.5) is 5.82 Å². The minimum atomic E-state index is -0.422. The number of carbonyl (C=O) groups is 2. The molecule has 0 aliphatic carbocycles. The van der Waals surface area contributed by atoms with Gasteiger partial charge in [-0.1, -0.05) is 29.8 Å². The number of nitrogens with zero attached hydrogens (tertiary/aromatic N) is 1. The van der Waals surface area contributed by atoms with E-state index < -0.39 is 5.92 Å². The number of aryl methyl sites for hydroxylation is 1. The van der Waals surface area contributed by atoms with E-state index >= 15 is 0 Å². The average Bonchev–Trinajstić information content (AvgIpc) is 2.90. The fourth-order valence-corrected chi connectivity index (χ4v) is 4.52. The molecule has 0 saturated heterocycles. The Morgan fingerprint density at radius 3 is 2.70 bits per heavy atom. The largest absolute Gasteiger partial charge is 0.493 e. The third-order valence-electron chi connectivity index (χ3n) is 6.18. The number of para-hydroxylation sites is 1. The van der Waals surface area contributed by atoms with Gasteiger partial charge in [0.15, 0.2) is 0 Å². The predicted octanol–water partition coefficient (Wildman–Crippen LogP) is 6.67. The molecule has 0 radical (unpaired) electrons. The van der Waals surface area contributed by atoms with Crippen LogP contribution in [-0.2, 0) is 9.53 Å². The number of esters is 1. The third-order valence-corrected chi connectivity index (χ3v) is 6.48. The molecule has 1 aliphatic rings. The summed E-state index contributed by atoms with van der Waals surface area (Å²) in [6, 6.07) is 19.7. The zero-order chi connectivity index (χ0) is 25.9. The Morgan fingerprint density at radius 2 is 1.92 bits per heavy atom. The maximum Gasteiger partial charge on any atom is 0.313 e. The number of nitrogens with one attached hydrogen (secondary N) is 1. The van der Waals surface area contributed by atoms with Crippen LogP contribution in [-0.4, -0.2) is 30.1 Å². The number of anilines is 1. The summed E-state index contributed by atoms with van der Waals surface area (Å²) < 4.78 is 16.9.